The standard InChI is InChI=1S/C12H13Cl2N3O3S/c1-2-17-6-5-16-10(17)7-20-8-3-4-9(21(15,18)19)12(14)11(8)13/h3-6H,2,7H2,1H3,(H2,15,18,19). The maximum absolute atomic E-state index is 11.3. The third-order valence-corrected chi connectivity index (χ3v) is 4.75. The highest BCUT2D eigenvalue weighted by atomic mass is 35.5. The van der Waals surface area contributed by atoms with Crippen molar-refractivity contribution in [2.75, 3.05) is 0 Å². The first-order chi connectivity index (χ1) is 9.84. The molecule has 0 amide bonds. The smallest absolute Gasteiger partial charge is 0.239 e. The zero-order valence-electron chi connectivity index (χ0n) is 11.1. The fourth-order valence-electron chi connectivity index (χ4n) is 1.76. The molecule has 0 spiro atoms. The number of halogens is 2. The van der Waals surface area contributed by atoms with E-state index in [1.54, 1.807) is 6.20 Å². The lowest BCUT2D eigenvalue weighted by molar-refractivity contribution is 0.290. The summed E-state index contributed by atoms with van der Waals surface area (Å²) in [5.74, 6) is 0.986. The molecule has 1 heterocycles. The molecule has 0 saturated heterocycles. The van der Waals surface area contributed by atoms with E-state index in [2.05, 4.69) is 4.98 Å². The van der Waals surface area contributed by atoms with Crippen LogP contribution in [0.25, 0.3) is 0 Å². The third kappa shape index (κ3) is 3.49. The summed E-state index contributed by atoms with van der Waals surface area (Å²) in [6.07, 6.45) is 3.50. The number of nitrogens with two attached hydrogens (primary N) is 1. The van der Waals surface area contributed by atoms with Gasteiger partial charge < -0.3 is 9.30 Å². The van der Waals surface area contributed by atoms with E-state index in [1.807, 2.05) is 17.7 Å². The number of hydrogen-bond acceptors (Lipinski definition) is 4. The Morgan fingerprint density at radius 3 is 2.67 bits per heavy atom. The average Bonchev–Trinajstić information content (AvgIpc) is 2.86. The van der Waals surface area contributed by atoms with Gasteiger partial charge >= 0.3 is 0 Å². The van der Waals surface area contributed by atoms with E-state index in [1.165, 1.54) is 12.1 Å². The third-order valence-electron chi connectivity index (χ3n) is 2.82. The number of primary sulfonamides is 1. The molecular formula is C12H13Cl2N3O3S. The molecule has 2 rings (SSSR count). The molecule has 9 heteroatoms. The Bertz CT molecular complexity index is 759. The summed E-state index contributed by atoms with van der Waals surface area (Å²) < 4.78 is 30.1. The fraction of sp³-hybridized carbons (Fsp3) is 0.250. The highest BCUT2D eigenvalue weighted by Gasteiger charge is 2.18. The minimum absolute atomic E-state index is 0.00204. The quantitative estimate of drug-likeness (QED) is 0.897. The average molecular weight is 350 g/mol. The normalized spacial score (nSPS) is 11.6. The van der Waals surface area contributed by atoms with Crippen molar-refractivity contribution in [3.8, 4) is 5.75 Å². The number of benzene rings is 1. The minimum Gasteiger partial charge on any atom is -0.484 e. The molecule has 21 heavy (non-hydrogen) atoms. The summed E-state index contributed by atoms with van der Waals surface area (Å²) in [7, 11) is -3.93. The second-order valence-electron chi connectivity index (χ2n) is 4.15. The topological polar surface area (TPSA) is 87.2 Å². The molecule has 0 aliphatic carbocycles. The first-order valence-corrected chi connectivity index (χ1v) is 8.28. The Hall–Kier alpha value is -1.28. The Morgan fingerprint density at radius 2 is 2.05 bits per heavy atom. The van der Waals surface area contributed by atoms with Gasteiger partial charge in [0.1, 0.15) is 28.1 Å². The number of hydrogen-bond donors (Lipinski definition) is 1. The lowest BCUT2D eigenvalue weighted by Gasteiger charge is -2.11. The molecule has 114 valence electrons. The number of imidazole rings is 1. The molecule has 2 aromatic rings. The van der Waals surface area contributed by atoms with Gasteiger partial charge in [0.25, 0.3) is 0 Å². The van der Waals surface area contributed by atoms with Crippen LogP contribution in [0.2, 0.25) is 10.0 Å². The molecule has 0 saturated carbocycles. The number of aromatic nitrogens is 2. The Kier molecular flexibility index (Phi) is 4.77. The molecule has 0 fully saturated rings. The van der Waals surface area contributed by atoms with Crippen LogP contribution in [0.3, 0.4) is 0 Å². The first kappa shape index (κ1) is 16.1. The Morgan fingerprint density at radius 1 is 1.33 bits per heavy atom. The lowest BCUT2D eigenvalue weighted by atomic mass is 10.3. The number of ether oxygens (including phenoxy) is 1. The molecule has 0 aliphatic heterocycles. The Balaban J connectivity index is 2.24. The van der Waals surface area contributed by atoms with Gasteiger partial charge in [-0.15, -0.1) is 0 Å². The van der Waals surface area contributed by atoms with Crippen LogP contribution in [0.4, 0.5) is 0 Å². The van der Waals surface area contributed by atoms with E-state index >= 15 is 0 Å². The monoisotopic (exact) mass is 349 g/mol. The summed E-state index contributed by atoms with van der Waals surface area (Å²) in [5.41, 5.74) is 0. The van der Waals surface area contributed by atoms with E-state index in [-0.39, 0.29) is 27.3 Å². The zero-order valence-corrected chi connectivity index (χ0v) is 13.4. The number of rotatable bonds is 5. The van der Waals surface area contributed by atoms with Crippen molar-refractivity contribution in [1.82, 2.24) is 9.55 Å². The van der Waals surface area contributed by atoms with E-state index < -0.39 is 10.0 Å². The second-order valence-corrected chi connectivity index (χ2v) is 6.44. The van der Waals surface area contributed by atoms with Crippen molar-refractivity contribution < 1.29 is 13.2 Å². The van der Waals surface area contributed by atoms with Gasteiger partial charge in [0.05, 0.1) is 5.02 Å². The molecule has 0 atom stereocenters. The number of nitrogens with zero attached hydrogens (tertiary/aromatic N) is 2. The molecule has 2 N–H and O–H groups in total. The van der Waals surface area contributed by atoms with Crippen molar-refractivity contribution in [1.29, 1.82) is 0 Å². The predicted octanol–water partition coefficient (Wildman–Crippen LogP) is 2.44. The van der Waals surface area contributed by atoms with Crippen LogP contribution >= 0.6 is 23.2 Å². The summed E-state index contributed by atoms with van der Waals surface area (Å²) in [6.45, 7) is 2.93. The lowest BCUT2D eigenvalue weighted by Crippen LogP contribution is -2.13. The van der Waals surface area contributed by atoms with Crippen LogP contribution in [0.5, 0.6) is 5.75 Å². The van der Waals surface area contributed by atoms with Crippen LogP contribution < -0.4 is 9.88 Å². The van der Waals surface area contributed by atoms with Gasteiger partial charge in [-0.1, -0.05) is 23.2 Å². The van der Waals surface area contributed by atoms with Crippen molar-refractivity contribution in [2.24, 2.45) is 5.14 Å². The largest absolute Gasteiger partial charge is 0.484 e. The fourth-order valence-corrected chi connectivity index (χ4v) is 3.12. The van der Waals surface area contributed by atoms with Gasteiger partial charge in [0.15, 0.2) is 0 Å². The van der Waals surface area contributed by atoms with Crippen LogP contribution in [0.15, 0.2) is 29.4 Å². The van der Waals surface area contributed by atoms with Gasteiger partial charge in [0, 0.05) is 18.9 Å². The van der Waals surface area contributed by atoms with E-state index in [0.717, 1.165) is 12.4 Å². The molecular weight excluding hydrogens is 337 g/mol. The van der Waals surface area contributed by atoms with E-state index in [4.69, 9.17) is 33.1 Å². The summed E-state index contributed by atoms with van der Waals surface area (Å²) >= 11 is 11.9. The molecule has 6 nitrogen and oxygen atoms in total. The maximum atomic E-state index is 11.3. The van der Waals surface area contributed by atoms with Crippen LogP contribution in [0.1, 0.15) is 12.7 Å². The SMILES string of the molecule is CCn1ccnc1COc1ccc(S(N)(=O)=O)c(Cl)c1Cl. The zero-order chi connectivity index (χ0) is 15.6. The maximum Gasteiger partial charge on any atom is 0.239 e. The van der Waals surface area contributed by atoms with Gasteiger partial charge in [-0.25, -0.2) is 18.5 Å². The van der Waals surface area contributed by atoms with Crippen molar-refractivity contribution in [3.63, 3.8) is 0 Å². The highest BCUT2D eigenvalue weighted by molar-refractivity contribution is 7.89. The predicted molar refractivity (Wildman–Crippen MR) is 80.1 cm³/mol. The molecule has 0 unspecified atom stereocenters. The molecule has 0 radical (unpaired) electrons. The van der Waals surface area contributed by atoms with Crippen LogP contribution in [-0.2, 0) is 23.2 Å². The van der Waals surface area contributed by atoms with Crippen molar-refractivity contribution >= 4 is 33.2 Å². The van der Waals surface area contributed by atoms with E-state index in [9.17, 15) is 8.42 Å². The number of sulfonamides is 1. The number of aryl methyl sites for hydroxylation is 1. The van der Waals surface area contributed by atoms with Gasteiger partial charge in [-0.3, -0.25) is 0 Å². The summed E-state index contributed by atoms with van der Waals surface area (Å²) in [6, 6.07) is 2.67. The van der Waals surface area contributed by atoms with Gasteiger partial charge in [-0.05, 0) is 19.1 Å². The Labute approximate surface area is 132 Å². The molecule has 0 aliphatic rings. The second kappa shape index (κ2) is 6.23. The van der Waals surface area contributed by atoms with Gasteiger partial charge in [-0.2, -0.15) is 0 Å². The molecule has 1 aromatic heterocycles. The molecule has 0 bridgehead atoms. The molecule has 1 aromatic carbocycles. The summed E-state index contributed by atoms with van der Waals surface area (Å²) in [4.78, 5) is 3.92. The van der Waals surface area contributed by atoms with E-state index in [0.29, 0.717) is 0 Å². The van der Waals surface area contributed by atoms with Crippen molar-refractivity contribution in [3.05, 3.63) is 40.4 Å². The van der Waals surface area contributed by atoms with Crippen LogP contribution in [-0.4, -0.2) is 18.0 Å². The minimum atomic E-state index is -3.93. The van der Waals surface area contributed by atoms with Crippen molar-refractivity contribution in [2.45, 2.75) is 25.0 Å². The van der Waals surface area contributed by atoms with Crippen LogP contribution in [0, 0.1) is 0 Å². The highest BCUT2D eigenvalue weighted by Crippen LogP contribution is 2.36. The first-order valence-electron chi connectivity index (χ1n) is 5.98. The van der Waals surface area contributed by atoms with Gasteiger partial charge in [0.2, 0.25) is 10.0 Å². The summed E-state index contributed by atoms with van der Waals surface area (Å²) in [5, 5.41) is 4.88.